The van der Waals surface area contributed by atoms with Gasteiger partial charge in [-0.2, -0.15) is 0 Å². The van der Waals surface area contributed by atoms with Crippen LogP contribution in [0.5, 0.6) is 0 Å². The highest BCUT2D eigenvalue weighted by Crippen LogP contribution is 2.27. The predicted octanol–water partition coefficient (Wildman–Crippen LogP) is 1.24. The summed E-state index contributed by atoms with van der Waals surface area (Å²) >= 11 is 0. The van der Waals surface area contributed by atoms with E-state index in [9.17, 15) is 0 Å². The van der Waals surface area contributed by atoms with Crippen molar-refractivity contribution in [3.05, 3.63) is 0 Å². The van der Waals surface area contributed by atoms with E-state index in [1.165, 1.54) is 32.4 Å². The maximum Gasteiger partial charge on any atom is 0.0597 e. The minimum Gasteiger partial charge on any atom is -0.377 e. The van der Waals surface area contributed by atoms with Gasteiger partial charge in [0.15, 0.2) is 0 Å². The van der Waals surface area contributed by atoms with Crippen LogP contribution in [0, 0.1) is 0 Å². The minimum absolute atomic E-state index is 0.368. The average Bonchev–Trinajstić information content (AvgIpc) is 2.39. The topological polar surface area (TPSA) is 24.5 Å². The van der Waals surface area contributed by atoms with Crippen LogP contribution in [0.2, 0.25) is 0 Å². The van der Waals surface area contributed by atoms with Crippen molar-refractivity contribution in [1.29, 1.82) is 0 Å². The summed E-state index contributed by atoms with van der Waals surface area (Å²) in [5.41, 5.74) is 0. The first-order valence-electron chi connectivity index (χ1n) is 6.35. The SMILES string of the molecule is CC(C)OCCN1C2CCNCC1CC2. The molecule has 3 nitrogen and oxygen atoms in total. The summed E-state index contributed by atoms with van der Waals surface area (Å²) in [4.78, 5) is 2.67. The lowest BCUT2D eigenvalue weighted by Crippen LogP contribution is -2.40. The zero-order valence-corrected chi connectivity index (χ0v) is 10.0. The summed E-state index contributed by atoms with van der Waals surface area (Å²) in [5, 5.41) is 3.53. The number of hydrogen-bond acceptors (Lipinski definition) is 3. The molecule has 2 aliphatic rings. The number of nitrogens with one attached hydrogen (secondary N) is 1. The lowest BCUT2D eigenvalue weighted by molar-refractivity contribution is 0.0488. The van der Waals surface area contributed by atoms with Crippen LogP contribution in [-0.2, 0) is 4.74 Å². The highest BCUT2D eigenvalue weighted by Gasteiger charge is 2.34. The molecular weight excluding hydrogens is 188 g/mol. The Morgan fingerprint density at radius 2 is 2.07 bits per heavy atom. The molecule has 0 saturated carbocycles. The molecule has 88 valence electrons. The monoisotopic (exact) mass is 212 g/mol. The first kappa shape index (κ1) is 11.4. The molecule has 0 radical (unpaired) electrons. The van der Waals surface area contributed by atoms with Crippen LogP contribution in [0.4, 0.5) is 0 Å². The standard InChI is InChI=1S/C12H24N2O/c1-10(2)15-8-7-14-11-3-4-12(14)9-13-6-5-11/h10-13H,3-9H2,1-2H3. The molecule has 2 unspecified atom stereocenters. The molecule has 0 aromatic rings. The van der Waals surface area contributed by atoms with E-state index >= 15 is 0 Å². The Morgan fingerprint density at radius 1 is 1.27 bits per heavy atom. The Morgan fingerprint density at radius 3 is 2.87 bits per heavy atom. The van der Waals surface area contributed by atoms with Crippen LogP contribution in [0.3, 0.4) is 0 Å². The van der Waals surface area contributed by atoms with Gasteiger partial charge in [0.25, 0.3) is 0 Å². The number of fused-ring (bicyclic) bond motifs is 2. The lowest BCUT2D eigenvalue weighted by Gasteiger charge is -2.27. The zero-order valence-electron chi connectivity index (χ0n) is 10.0. The van der Waals surface area contributed by atoms with Gasteiger partial charge in [0.05, 0.1) is 12.7 Å². The Bertz CT molecular complexity index is 182. The third kappa shape index (κ3) is 2.92. The molecule has 2 bridgehead atoms. The fourth-order valence-electron chi connectivity index (χ4n) is 2.84. The van der Waals surface area contributed by atoms with E-state index in [0.717, 1.165) is 25.2 Å². The second kappa shape index (κ2) is 5.28. The molecule has 15 heavy (non-hydrogen) atoms. The van der Waals surface area contributed by atoms with Gasteiger partial charge in [-0.3, -0.25) is 4.90 Å². The molecule has 3 heteroatoms. The number of rotatable bonds is 4. The van der Waals surface area contributed by atoms with Crippen molar-refractivity contribution in [2.24, 2.45) is 0 Å². The minimum atomic E-state index is 0.368. The number of ether oxygens (including phenoxy) is 1. The van der Waals surface area contributed by atoms with Crippen molar-refractivity contribution in [1.82, 2.24) is 10.2 Å². The first-order chi connectivity index (χ1) is 7.27. The molecule has 1 N–H and O–H groups in total. The van der Waals surface area contributed by atoms with Crippen LogP contribution in [0.15, 0.2) is 0 Å². The Hall–Kier alpha value is -0.120. The maximum absolute atomic E-state index is 5.65. The third-order valence-corrected chi connectivity index (χ3v) is 3.61. The smallest absolute Gasteiger partial charge is 0.0597 e. The Balaban J connectivity index is 1.79. The molecule has 2 aliphatic heterocycles. The second-order valence-electron chi connectivity index (χ2n) is 5.04. The molecule has 0 aromatic carbocycles. The van der Waals surface area contributed by atoms with E-state index in [0.29, 0.717) is 6.10 Å². The van der Waals surface area contributed by atoms with E-state index in [4.69, 9.17) is 4.74 Å². The number of hydrogen-bond donors (Lipinski definition) is 1. The first-order valence-corrected chi connectivity index (χ1v) is 6.35. The summed E-state index contributed by atoms with van der Waals surface area (Å²) in [5.74, 6) is 0. The van der Waals surface area contributed by atoms with Gasteiger partial charge in [-0.05, 0) is 39.7 Å². The summed E-state index contributed by atoms with van der Waals surface area (Å²) in [6.45, 7) is 8.61. The van der Waals surface area contributed by atoms with E-state index in [-0.39, 0.29) is 0 Å². The molecule has 2 rings (SSSR count). The van der Waals surface area contributed by atoms with Crippen molar-refractivity contribution < 1.29 is 4.74 Å². The van der Waals surface area contributed by atoms with Gasteiger partial charge in [-0.1, -0.05) is 0 Å². The molecule has 2 fully saturated rings. The summed E-state index contributed by atoms with van der Waals surface area (Å²) in [6.07, 6.45) is 4.46. The molecule has 0 amide bonds. The van der Waals surface area contributed by atoms with E-state index in [1.807, 2.05) is 0 Å². The quantitative estimate of drug-likeness (QED) is 0.759. The van der Waals surface area contributed by atoms with Crippen LogP contribution in [-0.4, -0.2) is 49.3 Å². The molecule has 0 aromatic heterocycles. The zero-order chi connectivity index (χ0) is 10.7. The Kier molecular flexibility index (Phi) is 4.00. The molecular formula is C12H24N2O. The van der Waals surface area contributed by atoms with Gasteiger partial charge in [0.1, 0.15) is 0 Å². The van der Waals surface area contributed by atoms with Crippen molar-refractivity contribution >= 4 is 0 Å². The fourth-order valence-corrected chi connectivity index (χ4v) is 2.84. The van der Waals surface area contributed by atoms with Crippen molar-refractivity contribution in [2.75, 3.05) is 26.2 Å². The summed E-state index contributed by atoms with van der Waals surface area (Å²) in [7, 11) is 0. The van der Waals surface area contributed by atoms with E-state index in [1.54, 1.807) is 0 Å². The lowest BCUT2D eigenvalue weighted by atomic mass is 10.1. The predicted molar refractivity (Wildman–Crippen MR) is 62.1 cm³/mol. The summed E-state index contributed by atoms with van der Waals surface area (Å²) < 4.78 is 5.65. The maximum atomic E-state index is 5.65. The highest BCUT2D eigenvalue weighted by atomic mass is 16.5. The van der Waals surface area contributed by atoms with Crippen molar-refractivity contribution in [3.8, 4) is 0 Å². The van der Waals surface area contributed by atoms with Gasteiger partial charge in [0, 0.05) is 25.2 Å². The molecule has 2 saturated heterocycles. The molecule has 0 aliphatic carbocycles. The van der Waals surface area contributed by atoms with Crippen molar-refractivity contribution in [2.45, 2.75) is 51.3 Å². The third-order valence-electron chi connectivity index (χ3n) is 3.61. The van der Waals surface area contributed by atoms with Gasteiger partial charge >= 0.3 is 0 Å². The van der Waals surface area contributed by atoms with Crippen LogP contribution in [0.1, 0.15) is 33.1 Å². The normalized spacial score (nSPS) is 32.2. The Labute approximate surface area is 93.2 Å². The summed E-state index contributed by atoms with van der Waals surface area (Å²) in [6, 6.07) is 1.59. The molecule has 2 atom stereocenters. The highest BCUT2D eigenvalue weighted by molar-refractivity contribution is 4.91. The van der Waals surface area contributed by atoms with Crippen molar-refractivity contribution in [3.63, 3.8) is 0 Å². The van der Waals surface area contributed by atoms with E-state index < -0.39 is 0 Å². The van der Waals surface area contributed by atoms with Gasteiger partial charge in [-0.25, -0.2) is 0 Å². The fraction of sp³-hybridized carbons (Fsp3) is 1.00. The van der Waals surface area contributed by atoms with Crippen LogP contribution >= 0.6 is 0 Å². The van der Waals surface area contributed by atoms with Crippen LogP contribution < -0.4 is 5.32 Å². The average molecular weight is 212 g/mol. The molecule has 0 spiro atoms. The van der Waals surface area contributed by atoms with Crippen LogP contribution in [0.25, 0.3) is 0 Å². The van der Waals surface area contributed by atoms with Gasteiger partial charge < -0.3 is 10.1 Å². The second-order valence-corrected chi connectivity index (χ2v) is 5.04. The van der Waals surface area contributed by atoms with E-state index in [2.05, 4.69) is 24.1 Å². The largest absolute Gasteiger partial charge is 0.377 e. The van der Waals surface area contributed by atoms with Gasteiger partial charge in [-0.15, -0.1) is 0 Å². The molecule has 2 heterocycles. The number of nitrogens with zero attached hydrogens (tertiary/aromatic N) is 1. The van der Waals surface area contributed by atoms with Gasteiger partial charge in [0.2, 0.25) is 0 Å².